The van der Waals surface area contributed by atoms with Crippen LogP contribution in [0.3, 0.4) is 0 Å². The molecule has 0 aromatic heterocycles. The maximum Gasteiger partial charge on any atom is 0.173 e. The summed E-state index contributed by atoms with van der Waals surface area (Å²) in [6.45, 7) is 22.5. The van der Waals surface area contributed by atoms with E-state index in [1.807, 2.05) is 6.92 Å². The highest BCUT2D eigenvalue weighted by molar-refractivity contribution is 6.22. The molecule has 0 bridgehead atoms. The summed E-state index contributed by atoms with van der Waals surface area (Å²) in [5.74, 6) is 5.20. The fourth-order valence-electron chi connectivity index (χ4n) is 13.0. The molecule has 11 atom stereocenters. The topological polar surface area (TPSA) is 54.4 Å². The van der Waals surface area contributed by atoms with Gasteiger partial charge in [0.15, 0.2) is 11.6 Å². The van der Waals surface area contributed by atoms with Crippen molar-refractivity contribution >= 4 is 11.6 Å². The second-order valence-corrected chi connectivity index (χ2v) is 17.7. The van der Waals surface area contributed by atoms with Crippen LogP contribution in [0.25, 0.3) is 0 Å². The molecule has 5 aliphatic carbocycles. The molecule has 3 nitrogen and oxygen atoms in total. The van der Waals surface area contributed by atoms with Gasteiger partial charge in [-0.2, -0.15) is 0 Å². The monoisotopic (exact) mass is 580 g/mol. The molecule has 11 unspecified atom stereocenters. The van der Waals surface area contributed by atoms with E-state index in [9.17, 15) is 14.7 Å². The van der Waals surface area contributed by atoms with Crippen molar-refractivity contribution in [2.75, 3.05) is 0 Å². The zero-order valence-electron chi connectivity index (χ0n) is 28.9. The largest absolute Gasteiger partial charge is 0.392 e. The average molecular weight is 581 g/mol. The predicted molar refractivity (Wildman–Crippen MR) is 173 cm³/mol. The maximum atomic E-state index is 14.3. The van der Waals surface area contributed by atoms with E-state index in [4.69, 9.17) is 0 Å². The summed E-state index contributed by atoms with van der Waals surface area (Å²) in [7, 11) is 0. The van der Waals surface area contributed by atoms with Crippen molar-refractivity contribution in [1.82, 2.24) is 0 Å². The van der Waals surface area contributed by atoms with E-state index in [0.29, 0.717) is 41.1 Å². The van der Waals surface area contributed by atoms with Crippen molar-refractivity contribution in [2.45, 2.75) is 146 Å². The summed E-state index contributed by atoms with van der Waals surface area (Å²) in [4.78, 5) is 27.0. The number of Topliss-reactive ketones (excluding diaryl/α,β-unsaturated/α-hetero) is 2. The zero-order chi connectivity index (χ0) is 30.9. The van der Waals surface area contributed by atoms with Crippen molar-refractivity contribution in [1.29, 1.82) is 0 Å². The van der Waals surface area contributed by atoms with Gasteiger partial charge >= 0.3 is 0 Å². The molecule has 3 heteroatoms. The van der Waals surface area contributed by atoms with Crippen molar-refractivity contribution in [2.24, 2.45) is 75.4 Å². The minimum Gasteiger partial charge on any atom is -0.392 e. The Morgan fingerprint density at radius 2 is 1.69 bits per heavy atom. The molecule has 0 aromatic carbocycles. The van der Waals surface area contributed by atoms with Crippen molar-refractivity contribution in [3.8, 4) is 0 Å². The molecular formula is C39H64O3. The van der Waals surface area contributed by atoms with Crippen LogP contribution in [-0.2, 0) is 9.59 Å². The van der Waals surface area contributed by atoms with Gasteiger partial charge in [-0.3, -0.25) is 9.59 Å². The molecule has 238 valence electrons. The average Bonchev–Trinajstić information content (AvgIpc) is 2.89. The number of carbonyl (C=O) groups is 2. The number of hydrogen-bond acceptors (Lipinski definition) is 3. The summed E-state index contributed by atoms with van der Waals surface area (Å²) < 4.78 is 0. The van der Waals surface area contributed by atoms with Crippen LogP contribution in [0.2, 0.25) is 0 Å². The van der Waals surface area contributed by atoms with Gasteiger partial charge in [-0.1, -0.05) is 93.1 Å². The van der Waals surface area contributed by atoms with Crippen LogP contribution in [0.15, 0.2) is 11.1 Å². The Hall–Kier alpha value is -0.960. The van der Waals surface area contributed by atoms with E-state index < -0.39 is 5.41 Å². The number of aliphatic hydroxyl groups excluding tert-OH is 1. The van der Waals surface area contributed by atoms with Gasteiger partial charge in [0.1, 0.15) is 0 Å². The van der Waals surface area contributed by atoms with Crippen LogP contribution in [0.5, 0.6) is 0 Å². The smallest absolute Gasteiger partial charge is 0.173 e. The van der Waals surface area contributed by atoms with Crippen molar-refractivity contribution in [3.05, 3.63) is 11.1 Å². The second-order valence-electron chi connectivity index (χ2n) is 17.7. The standard InChI is InChI=1S/C39H64O3/c1-11-12-13-27-14-16-28(17-15-27)30-18-29(22(2)3)31-20-37(8)21-38(9)19-23(4)32(26(7)40)36(42)39(38,10)25(6)34(37)35(41)33(31)24(30)5/h22,24-25,27-31,33-35,41H,11-21H2,1-10H3. The van der Waals surface area contributed by atoms with Crippen LogP contribution in [0.1, 0.15) is 140 Å². The highest BCUT2D eigenvalue weighted by Crippen LogP contribution is 2.72. The molecule has 0 saturated heterocycles. The molecule has 1 N–H and O–H groups in total. The third kappa shape index (κ3) is 4.84. The molecule has 0 aliphatic heterocycles. The van der Waals surface area contributed by atoms with Gasteiger partial charge in [0.2, 0.25) is 0 Å². The predicted octanol–water partition coefficient (Wildman–Crippen LogP) is 9.46. The number of allylic oxidation sites excluding steroid dienone is 2. The summed E-state index contributed by atoms with van der Waals surface area (Å²) in [5.41, 5.74) is 0.608. The van der Waals surface area contributed by atoms with Crippen LogP contribution < -0.4 is 0 Å². The number of ketones is 2. The minimum absolute atomic E-state index is 0.000416. The zero-order valence-corrected chi connectivity index (χ0v) is 28.9. The number of fused-ring (bicyclic) bond motifs is 3. The van der Waals surface area contributed by atoms with Crippen LogP contribution in [-0.4, -0.2) is 22.8 Å². The Balaban J connectivity index is 1.48. The molecule has 0 spiro atoms. The maximum absolute atomic E-state index is 14.3. The first-order chi connectivity index (χ1) is 19.6. The lowest BCUT2D eigenvalue weighted by atomic mass is 9.35. The quantitative estimate of drug-likeness (QED) is 0.318. The van der Waals surface area contributed by atoms with E-state index in [-0.39, 0.29) is 40.3 Å². The highest BCUT2D eigenvalue weighted by atomic mass is 16.3. The third-order valence-corrected chi connectivity index (χ3v) is 15.1. The van der Waals surface area contributed by atoms with Crippen LogP contribution in [0, 0.1) is 75.4 Å². The number of aliphatic hydroxyl groups is 1. The third-order valence-electron chi connectivity index (χ3n) is 15.1. The highest BCUT2D eigenvalue weighted by Gasteiger charge is 2.69. The van der Waals surface area contributed by atoms with Gasteiger partial charge in [0.05, 0.1) is 11.7 Å². The minimum atomic E-state index is -0.628. The van der Waals surface area contributed by atoms with Gasteiger partial charge in [-0.05, 0) is 122 Å². The summed E-state index contributed by atoms with van der Waals surface area (Å²) in [6, 6.07) is 0. The normalized spacial score (nSPS) is 49.4. The first-order valence-electron chi connectivity index (χ1n) is 18.0. The van der Waals surface area contributed by atoms with Gasteiger partial charge in [-0.25, -0.2) is 0 Å². The summed E-state index contributed by atoms with van der Waals surface area (Å²) in [6.07, 6.45) is 13.6. The van der Waals surface area contributed by atoms with Gasteiger partial charge < -0.3 is 5.11 Å². The van der Waals surface area contributed by atoms with E-state index in [1.54, 1.807) is 6.92 Å². The Morgan fingerprint density at radius 3 is 2.26 bits per heavy atom. The first-order valence-corrected chi connectivity index (χ1v) is 18.0. The molecule has 5 aliphatic rings. The molecule has 42 heavy (non-hydrogen) atoms. The number of hydrogen-bond donors (Lipinski definition) is 1. The van der Waals surface area contributed by atoms with Crippen molar-refractivity contribution < 1.29 is 14.7 Å². The number of rotatable bonds is 6. The molecule has 4 fully saturated rings. The lowest BCUT2D eigenvalue weighted by Gasteiger charge is -2.69. The molecule has 0 aromatic rings. The molecule has 0 radical (unpaired) electrons. The van der Waals surface area contributed by atoms with E-state index in [0.717, 1.165) is 30.3 Å². The Morgan fingerprint density at radius 1 is 1.05 bits per heavy atom. The van der Waals surface area contributed by atoms with E-state index in [1.165, 1.54) is 57.8 Å². The SMILES string of the molecule is CCCCC1CCC(C2CC(C(C)C)C3CC4(C)CC5(C)CC(C)=C(C(C)=O)C(=O)C5(C)C(C)C4C(O)C3C2C)CC1. The van der Waals surface area contributed by atoms with Crippen LogP contribution >= 0.6 is 0 Å². The Bertz CT molecular complexity index is 1080. The molecule has 4 saturated carbocycles. The van der Waals surface area contributed by atoms with Crippen molar-refractivity contribution in [3.63, 3.8) is 0 Å². The molecule has 0 heterocycles. The number of carbonyl (C=O) groups excluding carboxylic acids is 2. The fourth-order valence-corrected chi connectivity index (χ4v) is 13.0. The van der Waals surface area contributed by atoms with Gasteiger partial charge in [0.25, 0.3) is 0 Å². The number of unbranched alkanes of at least 4 members (excludes halogenated alkanes) is 1. The lowest BCUT2D eigenvalue weighted by molar-refractivity contribution is -0.230. The fraction of sp³-hybridized carbons (Fsp3) is 0.897. The Kier molecular flexibility index (Phi) is 8.83. The van der Waals surface area contributed by atoms with Crippen LogP contribution in [0.4, 0.5) is 0 Å². The summed E-state index contributed by atoms with van der Waals surface area (Å²) in [5, 5.41) is 12.7. The molecule has 5 rings (SSSR count). The molecule has 0 amide bonds. The second kappa shape index (κ2) is 11.4. The first kappa shape index (κ1) is 32.4. The van der Waals surface area contributed by atoms with E-state index >= 15 is 0 Å². The van der Waals surface area contributed by atoms with E-state index in [2.05, 4.69) is 55.4 Å². The Labute approximate surface area is 258 Å². The summed E-state index contributed by atoms with van der Waals surface area (Å²) >= 11 is 0. The van der Waals surface area contributed by atoms with Gasteiger partial charge in [-0.15, -0.1) is 0 Å². The molecular weight excluding hydrogens is 516 g/mol. The van der Waals surface area contributed by atoms with Gasteiger partial charge in [0, 0.05) is 5.41 Å². The lowest BCUT2D eigenvalue weighted by Crippen LogP contribution is -2.68.